The minimum atomic E-state index is 0.889. The first-order valence-electron chi connectivity index (χ1n) is 10.2. The van der Waals surface area contributed by atoms with Gasteiger partial charge in [0.2, 0.25) is 16.7 Å². The smallest absolute Gasteiger partial charge is 0.219 e. The van der Waals surface area contributed by atoms with E-state index in [2.05, 4.69) is 96.4 Å². The summed E-state index contributed by atoms with van der Waals surface area (Å²) in [6.07, 6.45) is 0. The number of hydrogen-bond donors (Lipinski definition) is 0. The van der Waals surface area contributed by atoms with Crippen molar-refractivity contribution in [2.45, 2.75) is 6.92 Å². The molecule has 0 amide bonds. The minimum Gasteiger partial charge on any atom is -0.456 e. The summed E-state index contributed by atoms with van der Waals surface area (Å²) >= 11 is 0. The van der Waals surface area contributed by atoms with Crippen LogP contribution >= 0.6 is 0 Å². The van der Waals surface area contributed by atoms with Crippen molar-refractivity contribution in [3.8, 4) is 33.8 Å². The lowest BCUT2D eigenvalue weighted by Crippen LogP contribution is -2.19. The fourth-order valence-corrected chi connectivity index (χ4v) is 4.43. The molecule has 0 fully saturated rings. The summed E-state index contributed by atoms with van der Waals surface area (Å²) < 4.78 is 8.70. The molecule has 0 saturated heterocycles. The second-order valence-electron chi connectivity index (χ2n) is 7.71. The number of benzene rings is 4. The molecular formula is C28H20NO+. The van der Waals surface area contributed by atoms with Crippen LogP contribution in [0, 0.1) is 6.92 Å². The molecule has 3 aromatic rings. The van der Waals surface area contributed by atoms with E-state index in [1.165, 1.54) is 28.1 Å². The predicted molar refractivity (Wildman–Crippen MR) is 122 cm³/mol. The summed E-state index contributed by atoms with van der Waals surface area (Å²) in [4.78, 5) is 0. The first-order valence-corrected chi connectivity index (χ1v) is 10.2. The van der Waals surface area contributed by atoms with Gasteiger partial charge in [0.15, 0.2) is 0 Å². The fourth-order valence-electron chi connectivity index (χ4n) is 4.43. The van der Waals surface area contributed by atoms with Gasteiger partial charge in [-0.2, -0.15) is 4.58 Å². The van der Waals surface area contributed by atoms with Gasteiger partial charge in [-0.15, -0.1) is 0 Å². The minimum absolute atomic E-state index is 0.889. The summed E-state index contributed by atoms with van der Waals surface area (Å²) in [5.41, 5.74) is 8.37. The van der Waals surface area contributed by atoms with Gasteiger partial charge in [0.25, 0.3) is 0 Å². The maximum atomic E-state index is 6.38. The zero-order chi connectivity index (χ0) is 20.1. The molecule has 2 aliphatic heterocycles. The molecule has 3 aliphatic rings. The van der Waals surface area contributed by atoms with Crippen molar-refractivity contribution in [3.05, 3.63) is 114 Å². The SMILES string of the molecule is Cc1cc(-c2ccccc2)oc2cc(=[N+]3c4ccccc4-c4ccccc43)ccc1-2. The molecular weight excluding hydrogens is 366 g/mol. The molecule has 6 rings (SSSR count). The van der Waals surface area contributed by atoms with Crippen LogP contribution in [-0.4, -0.2) is 0 Å². The van der Waals surface area contributed by atoms with Gasteiger partial charge in [-0.1, -0.05) is 54.6 Å². The van der Waals surface area contributed by atoms with E-state index >= 15 is 0 Å². The predicted octanol–water partition coefficient (Wildman–Crippen LogP) is 6.78. The molecule has 142 valence electrons. The summed E-state index contributed by atoms with van der Waals surface area (Å²) in [6.45, 7) is 2.14. The van der Waals surface area contributed by atoms with Gasteiger partial charge in [-0.25, -0.2) is 0 Å². The van der Waals surface area contributed by atoms with Crippen molar-refractivity contribution in [3.63, 3.8) is 0 Å². The lowest BCUT2D eigenvalue weighted by atomic mass is 10.0. The third-order valence-corrected chi connectivity index (χ3v) is 5.85. The zero-order valence-electron chi connectivity index (χ0n) is 16.7. The third kappa shape index (κ3) is 2.54. The van der Waals surface area contributed by atoms with E-state index in [0.717, 1.165) is 28.0 Å². The fraction of sp³-hybridized carbons (Fsp3) is 0.0357. The second-order valence-corrected chi connectivity index (χ2v) is 7.71. The van der Waals surface area contributed by atoms with E-state index in [1.54, 1.807) is 0 Å². The molecule has 0 unspecified atom stereocenters. The maximum absolute atomic E-state index is 6.38. The highest BCUT2D eigenvalue weighted by Gasteiger charge is 2.31. The number of nitrogens with zero attached hydrogens (tertiary/aromatic N) is 1. The van der Waals surface area contributed by atoms with E-state index in [9.17, 15) is 0 Å². The molecule has 30 heavy (non-hydrogen) atoms. The molecule has 2 heteroatoms. The van der Waals surface area contributed by atoms with Crippen molar-refractivity contribution >= 4 is 11.4 Å². The molecule has 1 aliphatic carbocycles. The highest BCUT2D eigenvalue weighted by atomic mass is 16.3. The summed E-state index contributed by atoms with van der Waals surface area (Å²) in [7, 11) is 0. The first-order chi connectivity index (χ1) is 14.8. The Kier molecular flexibility index (Phi) is 3.72. The molecule has 0 bridgehead atoms. The monoisotopic (exact) mass is 386 g/mol. The highest BCUT2D eigenvalue weighted by Crippen LogP contribution is 2.44. The van der Waals surface area contributed by atoms with Crippen molar-refractivity contribution < 1.29 is 4.42 Å². The van der Waals surface area contributed by atoms with Gasteiger partial charge < -0.3 is 4.42 Å². The number of fused-ring (bicyclic) bond motifs is 4. The second kappa shape index (κ2) is 6.57. The van der Waals surface area contributed by atoms with Gasteiger partial charge >= 0.3 is 0 Å². The Morgan fingerprint density at radius 1 is 0.567 bits per heavy atom. The van der Waals surface area contributed by atoms with E-state index in [1.807, 2.05) is 18.2 Å². The van der Waals surface area contributed by atoms with Crippen molar-refractivity contribution in [2.24, 2.45) is 0 Å². The Hall–Kier alpha value is -3.91. The molecule has 0 spiro atoms. The van der Waals surface area contributed by atoms with Crippen LogP contribution in [0.4, 0.5) is 11.4 Å². The lowest BCUT2D eigenvalue weighted by Gasteiger charge is -2.11. The quantitative estimate of drug-likeness (QED) is 0.285. The number of rotatable bonds is 1. The van der Waals surface area contributed by atoms with Crippen LogP contribution in [0.25, 0.3) is 33.8 Å². The molecule has 0 atom stereocenters. The Bertz CT molecular complexity index is 1400. The molecule has 3 aromatic carbocycles. The van der Waals surface area contributed by atoms with Gasteiger partial charge in [-0.05, 0) is 36.8 Å². The molecule has 2 heterocycles. The van der Waals surface area contributed by atoms with E-state index < -0.39 is 0 Å². The maximum Gasteiger partial charge on any atom is 0.219 e. The van der Waals surface area contributed by atoms with E-state index in [4.69, 9.17) is 4.42 Å². The van der Waals surface area contributed by atoms with Crippen LogP contribution < -0.4 is 9.93 Å². The Balaban J connectivity index is 1.66. The molecule has 0 saturated carbocycles. The largest absolute Gasteiger partial charge is 0.456 e. The van der Waals surface area contributed by atoms with Crippen molar-refractivity contribution in [1.82, 2.24) is 4.58 Å². The third-order valence-electron chi connectivity index (χ3n) is 5.85. The topological polar surface area (TPSA) is 16.1 Å². The average molecular weight is 386 g/mol. The van der Waals surface area contributed by atoms with E-state index in [-0.39, 0.29) is 0 Å². The molecule has 0 radical (unpaired) electrons. The van der Waals surface area contributed by atoms with Gasteiger partial charge in [0, 0.05) is 29.3 Å². The van der Waals surface area contributed by atoms with Crippen LogP contribution in [0.15, 0.2) is 108 Å². The van der Waals surface area contributed by atoms with Gasteiger partial charge in [0.1, 0.15) is 11.5 Å². The summed E-state index contributed by atoms with van der Waals surface area (Å²) in [5, 5.41) is 1.10. The highest BCUT2D eigenvalue weighted by molar-refractivity contribution is 5.91. The summed E-state index contributed by atoms with van der Waals surface area (Å²) in [5.74, 6) is 1.79. The molecule has 0 N–H and O–H groups in total. The number of aryl methyl sites for hydroxylation is 1. The zero-order valence-corrected chi connectivity index (χ0v) is 16.7. The Morgan fingerprint density at radius 2 is 1.20 bits per heavy atom. The standard InChI is InChI=1S/C28H20NO/c1-19-17-27(20-9-3-2-4-10-20)30-28-18-21(15-16-22(19)28)29-25-13-7-5-11-23(25)24-12-6-8-14-26(24)29/h2-18H,1H3/q+1. The Morgan fingerprint density at radius 3 is 1.90 bits per heavy atom. The Labute approximate surface area is 175 Å². The molecule has 0 aromatic heterocycles. The molecule has 2 nitrogen and oxygen atoms in total. The average Bonchev–Trinajstić information content (AvgIpc) is 3.14. The van der Waals surface area contributed by atoms with Gasteiger partial charge in [-0.3, -0.25) is 0 Å². The lowest BCUT2D eigenvalue weighted by molar-refractivity contribution is 0.578. The first kappa shape index (κ1) is 17.0. The number of hydrogen-bond acceptors (Lipinski definition) is 1. The van der Waals surface area contributed by atoms with Crippen LogP contribution in [0.1, 0.15) is 5.56 Å². The van der Waals surface area contributed by atoms with Crippen LogP contribution in [0.5, 0.6) is 0 Å². The van der Waals surface area contributed by atoms with Crippen molar-refractivity contribution in [1.29, 1.82) is 0 Å². The van der Waals surface area contributed by atoms with Gasteiger partial charge in [0.05, 0.1) is 17.2 Å². The normalized spacial score (nSPS) is 12.1. The van der Waals surface area contributed by atoms with E-state index in [0.29, 0.717) is 0 Å². The van der Waals surface area contributed by atoms with Crippen LogP contribution in [0.3, 0.4) is 0 Å². The number of para-hydroxylation sites is 2. The van der Waals surface area contributed by atoms with Crippen LogP contribution in [-0.2, 0) is 0 Å². The summed E-state index contributed by atoms with van der Waals surface area (Å²) in [6, 6.07) is 36.1. The van der Waals surface area contributed by atoms with Crippen molar-refractivity contribution in [2.75, 3.05) is 0 Å². The van der Waals surface area contributed by atoms with Crippen LogP contribution in [0.2, 0.25) is 0 Å².